The molecule has 1 saturated heterocycles. The third kappa shape index (κ3) is 4.63. The van der Waals surface area contributed by atoms with Gasteiger partial charge in [-0.3, -0.25) is 0 Å². The van der Waals surface area contributed by atoms with Gasteiger partial charge in [-0.2, -0.15) is 10.5 Å². The summed E-state index contributed by atoms with van der Waals surface area (Å²) < 4.78 is 5.22. The molecule has 4 heteroatoms. The number of allylic oxidation sites excluding steroid dienone is 3. The molecule has 1 aliphatic rings. The monoisotopic (exact) mass is 307 g/mol. The molecule has 1 fully saturated rings. The molecular formula is C19H21N3O. The van der Waals surface area contributed by atoms with Crippen molar-refractivity contribution in [1.82, 2.24) is 4.90 Å². The summed E-state index contributed by atoms with van der Waals surface area (Å²) in [5.41, 5.74) is 2.24. The predicted octanol–water partition coefficient (Wildman–Crippen LogP) is 3.89. The zero-order valence-electron chi connectivity index (χ0n) is 13.5. The zero-order valence-corrected chi connectivity index (χ0v) is 13.5. The van der Waals surface area contributed by atoms with Gasteiger partial charge in [0.2, 0.25) is 0 Å². The zero-order chi connectivity index (χ0) is 16.5. The SMILES string of the molecule is COc1ccc(C(=CC=C(C#N)C#N)N2CCCCCC2)cc1. The van der Waals surface area contributed by atoms with Crippen molar-refractivity contribution >= 4 is 5.70 Å². The molecule has 0 spiro atoms. The number of rotatable bonds is 4. The fraction of sp³-hybridized carbons (Fsp3) is 0.368. The van der Waals surface area contributed by atoms with Crippen LogP contribution in [-0.4, -0.2) is 25.1 Å². The number of nitrogens with zero attached hydrogens (tertiary/aromatic N) is 3. The molecule has 0 N–H and O–H groups in total. The smallest absolute Gasteiger partial charge is 0.129 e. The summed E-state index contributed by atoms with van der Waals surface area (Å²) in [5, 5.41) is 17.9. The summed E-state index contributed by atoms with van der Waals surface area (Å²) in [6.45, 7) is 2.00. The van der Waals surface area contributed by atoms with Gasteiger partial charge in [0, 0.05) is 18.8 Å². The van der Waals surface area contributed by atoms with Crippen molar-refractivity contribution in [3.05, 3.63) is 47.6 Å². The van der Waals surface area contributed by atoms with Crippen LogP contribution in [-0.2, 0) is 0 Å². The maximum atomic E-state index is 8.93. The van der Waals surface area contributed by atoms with Crippen LogP contribution in [0.5, 0.6) is 5.75 Å². The van der Waals surface area contributed by atoms with Crippen LogP contribution >= 0.6 is 0 Å². The van der Waals surface area contributed by atoms with Crippen molar-refractivity contribution in [3.8, 4) is 17.9 Å². The summed E-state index contributed by atoms with van der Waals surface area (Å²) in [6.07, 6.45) is 8.33. The van der Waals surface area contributed by atoms with E-state index in [1.54, 1.807) is 13.2 Å². The highest BCUT2D eigenvalue weighted by molar-refractivity contribution is 5.67. The Balaban J connectivity index is 2.37. The lowest BCUT2D eigenvalue weighted by molar-refractivity contribution is 0.410. The van der Waals surface area contributed by atoms with E-state index < -0.39 is 0 Å². The van der Waals surface area contributed by atoms with Crippen LogP contribution in [0.2, 0.25) is 0 Å². The molecule has 0 radical (unpaired) electrons. The van der Waals surface area contributed by atoms with Gasteiger partial charge in [0.05, 0.1) is 7.11 Å². The second-order valence-electron chi connectivity index (χ2n) is 5.49. The predicted molar refractivity (Wildman–Crippen MR) is 90.3 cm³/mol. The van der Waals surface area contributed by atoms with Gasteiger partial charge in [-0.1, -0.05) is 12.8 Å². The van der Waals surface area contributed by atoms with E-state index in [0.29, 0.717) is 0 Å². The van der Waals surface area contributed by atoms with Crippen molar-refractivity contribution in [3.63, 3.8) is 0 Å². The maximum Gasteiger partial charge on any atom is 0.129 e. The molecule has 1 aromatic rings. The molecule has 0 amide bonds. The van der Waals surface area contributed by atoms with Crippen LogP contribution < -0.4 is 4.74 Å². The molecule has 1 heterocycles. The molecule has 118 valence electrons. The van der Waals surface area contributed by atoms with Crippen LogP contribution in [0, 0.1) is 22.7 Å². The molecule has 0 aliphatic carbocycles. The second kappa shape index (κ2) is 8.66. The van der Waals surface area contributed by atoms with Crippen molar-refractivity contribution < 1.29 is 4.74 Å². The maximum absolute atomic E-state index is 8.93. The van der Waals surface area contributed by atoms with Crippen molar-refractivity contribution in [1.29, 1.82) is 10.5 Å². The lowest BCUT2D eigenvalue weighted by Crippen LogP contribution is -2.23. The molecule has 2 rings (SSSR count). The molecule has 1 aromatic carbocycles. The molecule has 0 atom stereocenters. The standard InChI is InChI=1S/C19H21N3O/c1-23-18-9-7-17(8-10-18)19(11-6-16(14-20)15-21)22-12-4-2-3-5-13-22/h6-11H,2-5,12-13H2,1H3. The highest BCUT2D eigenvalue weighted by Crippen LogP contribution is 2.25. The Bertz CT molecular complexity index is 635. The van der Waals surface area contributed by atoms with Crippen molar-refractivity contribution in [2.45, 2.75) is 25.7 Å². The lowest BCUT2D eigenvalue weighted by atomic mass is 10.1. The molecule has 0 unspecified atom stereocenters. The Kier molecular flexibility index (Phi) is 6.27. The third-order valence-corrected chi connectivity index (χ3v) is 3.98. The van der Waals surface area contributed by atoms with Crippen molar-refractivity contribution in [2.75, 3.05) is 20.2 Å². The Morgan fingerprint density at radius 3 is 2.13 bits per heavy atom. The fourth-order valence-corrected chi connectivity index (χ4v) is 2.72. The Morgan fingerprint density at radius 1 is 1.00 bits per heavy atom. The highest BCUT2D eigenvalue weighted by atomic mass is 16.5. The summed E-state index contributed by atoms with van der Waals surface area (Å²) >= 11 is 0. The van der Waals surface area contributed by atoms with Gasteiger partial charge >= 0.3 is 0 Å². The molecule has 23 heavy (non-hydrogen) atoms. The van der Waals surface area contributed by atoms with E-state index in [-0.39, 0.29) is 5.57 Å². The van der Waals surface area contributed by atoms with E-state index in [9.17, 15) is 0 Å². The summed E-state index contributed by atoms with van der Waals surface area (Å²) in [4.78, 5) is 2.34. The van der Waals surface area contributed by atoms with Gasteiger partial charge < -0.3 is 9.64 Å². The first-order valence-corrected chi connectivity index (χ1v) is 7.90. The van der Waals surface area contributed by atoms with Gasteiger partial charge in [0.1, 0.15) is 23.5 Å². The Hall–Kier alpha value is -2.72. The first kappa shape index (κ1) is 16.6. The Labute approximate surface area is 137 Å². The van der Waals surface area contributed by atoms with Crippen LogP contribution in [0.1, 0.15) is 31.2 Å². The lowest BCUT2D eigenvalue weighted by Gasteiger charge is -2.26. The van der Waals surface area contributed by atoms with E-state index in [2.05, 4.69) is 4.90 Å². The topological polar surface area (TPSA) is 60.0 Å². The average molecular weight is 307 g/mol. The molecule has 0 aromatic heterocycles. The molecule has 0 saturated carbocycles. The van der Waals surface area contributed by atoms with Crippen LogP contribution in [0.3, 0.4) is 0 Å². The van der Waals surface area contributed by atoms with Gasteiger partial charge in [0.15, 0.2) is 0 Å². The van der Waals surface area contributed by atoms with Crippen molar-refractivity contribution in [2.24, 2.45) is 0 Å². The number of benzene rings is 1. The minimum absolute atomic E-state index is 0.117. The van der Waals surface area contributed by atoms with Gasteiger partial charge in [-0.05, 0) is 54.8 Å². The first-order chi connectivity index (χ1) is 11.3. The number of hydrogen-bond donors (Lipinski definition) is 0. The van der Waals surface area contributed by atoms with E-state index >= 15 is 0 Å². The summed E-state index contributed by atoms with van der Waals surface area (Å²) in [7, 11) is 1.65. The van der Waals surface area contributed by atoms with Gasteiger partial charge in [0.25, 0.3) is 0 Å². The quantitative estimate of drug-likeness (QED) is 0.625. The second-order valence-corrected chi connectivity index (χ2v) is 5.49. The van der Waals surface area contributed by atoms with Crippen LogP contribution in [0.4, 0.5) is 0 Å². The molecule has 0 bridgehead atoms. The third-order valence-electron chi connectivity index (χ3n) is 3.98. The summed E-state index contributed by atoms with van der Waals surface area (Å²) in [5.74, 6) is 0.814. The first-order valence-electron chi connectivity index (χ1n) is 7.90. The van der Waals surface area contributed by atoms with Gasteiger partial charge in [-0.15, -0.1) is 0 Å². The Morgan fingerprint density at radius 2 is 1.61 bits per heavy atom. The van der Waals surface area contributed by atoms with Gasteiger partial charge in [-0.25, -0.2) is 0 Å². The van der Waals surface area contributed by atoms with E-state index in [4.69, 9.17) is 15.3 Å². The van der Waals surface area contributed by atoms with Crippen LogP contribution in [0.25, 0.3) is 5.70 Å². The molecule has 1 aliphatic heterocycles. The highest BCUT2D eigenvalue weighted by Gasteiger charge is 2.14. The molecular weight excluding hydrogens is 286 g/mol. The minimum atomic E-state index is 0.117. The number of nitriles is 2. The van der Waals surface area contributed by atoms with Crippen LogP contribution in [0.15, 0.2) is 42.0 Å². The summed E-state index contributed by atoms with van der Waals surface area (Å²) in [6, 6.07) is 11.7. The van der Waals surface area contributed by atoms with E-state index in [1.807, 2.05) is 42.5 Å². The normalized spacial score (nSPS) is 15.1. The number of hydrogen-bond acceptors (Lipinski definition) is 4. The largest absolute Gasteiger partial charge is 0.497 e. The number of methoxy groups -OCH3 is 1. The number of ether oxygens (including phenoxy) is 1. The molecule has 4 nitrogen and oxygen atoms in total. The minimum Gasteiger partial charge on any atom is -0.497 e. The fourth-order valence-electron chi connectivity index (χ4n) is 2.72. The van der Waals surface area contributed by atoms with E-state index in [0.717, 1.165) is 30.1 Å². The average Bonchev–Trinajstić information content (AvgIpc) is 2.88. The number of likely N-dealkylation sites (tertiary alicyclic amines) is 1. The van der Waals surface area contributed by atoms with E-state index in [1.165, 1.54) is 25.7 Å².